The number of pyridine rings is 1. The van der Waals surface area contributed by atoms with Crippen LogP contribution in [-0.2, 0) is 11.0 Å². The Labute approximate surface area is 110 Å². The fourth-order valence-corrected chi connectivity index (χ4v) is 1.09. The van der Waals surface area contributed by atoms with E-state index in [2.05, 4.69) is 10.3 Å². The maximum absolute atomic E-state index is 12.2. The first kappa shape index (κ1) is 15.7. The first-order valence-corrected chi connectivity index (χ1v) is 5.19. The van der Waals surface area contributed by atoms with Crippen molar-refractivity contribution in [2.45, 2.75) is 12.3 Å². The Balaban J connectivity index is 2.53. The number of hydrogen-bond donors (Lipinski definition) is 4. The Bertz CT molecular complexity index is 490. The van der Waals surface area contributed by atoms with Crippen LogP contribution in [-0.4, -0.2) is 39.8 Å². The first-order valence-electron chi connectivity index (χ1n) is 5.19. The molecule has 1 atom stereocenters. The van der Waals surface area contributed by atoms with Crippen molar-refractivity contribution in [2.24, 2.45) is 0 Å². The van der Waals surface area contributed by atoms with E-state index in [0.29, 0.717) is 6.07 Å². The van der Waals surface area contributed by atoms with Crippen molar-refractivity contribution >= 4 is 17.7 Å². The van der Waals surface area contributed by atoms with E-state index in [1.807, 2.05) is 5.32 Å². The highest BCUT2D eigenvalue weighted by Gasteiger charge is 2.32. The highest BCUT2D eigenvalue weighted by atomic mass is 19.4. The Hall–Kier alpha value is -2.36. The van der Waals surface area contributed by atoms with Crippen LogP contribution in [0, 0.1) is 0 Å². The summed E-state index contributed by atoms with van der Waals surface area (Å²) in [5, 5.41) is 21.4. The molecule has 0 unspecified atom stereocenters. The number of carbonyl (C=O) groups is 2. The lowest BCUT2D eigenvalue weighted by Crippen LogP contribution is -2.38. The van der Waals surface area contributed by atoms with Gasteiger partial charge >= 0.3 is 18.2 Å². The second-order valence-electron chi connectivity index (χ2n) is 3.62. The first-order chi connectivity index (χ1) is 9.20. The lowest BCUT2D eigenvalue weighted by molar-refractivity contribution is -0.146. The van der Waals surface area contributed by atoms with Crippen LogP contribution in [0.3, 0.4) is 0 Å². The molecule has 1 heterocycles. The fourth-order valence-electron chi connectivity index (χ4n) is 1.09. The van der Waals surface area contributed by atoms with E-state index in [1.54, 1.807) is 0 Å². The Kier molecular flexibility index (Phi) is 4.86. The predicted molar refractivity (Wildman–Crippen MR) is 59.9 cm³/mol. The summed E-state index contributed by atoms with van der Waals surface area (Å²) in [7, 11) is 0. The van der Waals surface area contributed by atoms with Crippen molar-refractivity contribution in [3.8, 4) is 0 Å². The van der Waals surface area contributed by atoms with Crippen LogP contribution in [0.2, 0.25) is 0 Å². The summed E-state index contributed by atoms with van der Waals surface area (Å²) in [6, 6.07) is 0.789. The number of carbonyl (C=O) groups excluding carboxylic acids is 1. The lowest BCUT2D eigenvalue weighted by Gasteiger charge is -2.10. The molecule has 4 N–H and O–H groups in total. The Morgan fingerprint density at radius 2 is 2.00 bits per heavy atom. The summed E-state index contributed by atoms with van der Waals surface area (Å²) in [6.45, 7) is -0.546. The van der Waals surface area contributed by atoms with Crippen LogP contribution in [0.4, 0.5) is 23.7 Å². The maximum Gasteiger partial charge on any atom is 0.433 e. The van der Waals surface area contributed by atoms with Gasteiger partial charge < -0.3 is 20.8 Å². The number of carboxylic acids is 1. The monoisotopic (exact) mass is 293 g/mol. The van der Waals surface area contributed by atoms with Crippen molar-refractivity contribution in [3.05, 3.63) is 24.0 Å². The second-order valence-corrected chi connectivity index (χ2v) is 3.62. The zero-order valence-electron chi connectivity index (χ0n) is 9.81. The molecule has 0 aliphatic heterocycles. The molecule has 2 amide bonds. The molecule has 0 spiro atoms. The zero-order valence-corrected chi connectivity index (χ0v) is 9.81. The molecule has 0 bridgehead atoms. The van der Waals surface area contributed by atoms with Gasteiger partial charge in [0, 0.05) is 0 Å². The van der Waals surface area contributed by atoms with E-state index in [9.17, 15) is 22.8 Å². The van der Waals surface area contributed by atoms with Crippen molar-refractivity contribution < 1.29 is 33.0 Å². The number of carboxylic acid groups (broad SMARTS) is 1. The highest BCUT2D eigenvalue weighted by molar-refractivity contribution is 5.89. The molecular weight excluding hydrogens is 283 g/mol. The Morgan fingerprint density at radius 3 is 2.45 bits per heavy atom. The Morgan fingerprint density at radius 1 is 1.35 bits per heavy atom. The average Bonchev–Trinajstić information content (AvgIpc) is 2.35. The largest absolute Gasteiger partial charge is 0.479 e. The SMILES string of the molecule is O=C(NC[C@H](O)C(=O)O)Nc1ccc(C(F)(F)F)nc1. The van der Waals surface area contributed by atoms with Crippen LogP contribution >= 0.6 is 0 Å². The van der Waals surface area contributed by atoms with Crippen LogP contribution < -0.4 is 10.6 Å². The molecule has 0 saturated heterocycles. The molecular formula is C10H10F3N3O4. The number of hydrogen-bond acceptors (Lipinski definition) is 4. The van der Waals surface area contributed by atoms with E-state index in [1.165, 1.54) is 0 Å². The normalized spacial score (nSPS) is 12.6. The van der Waals surface area contributed by atoms with Crippen LogP contribution in [0.15, 0.2) is 18.3 Å². The number of anilines is 1. The number of rotatable bonds is 4. The minimum atomic E-state index is -4.58. The van der Waals surface area contributed by atoms with Gasteiger partial charge in [-0.1, -0.05) is 0 Å². The van der Waals surface area contributed by atoms with Crippen LogP contribution in [0.1, 0.15) is 5.69 Å². The third kappa shape index (κ3) is 4.72. The van der Waals surface area contributed by atoms with Crippen molar-refractivity contribution in [3.63, 3.8) is 0 Å². The molecule has 7 nitrogen and oxygen atoms in total. The topological polar surface area (TPSA) is 112 Å². The molecule has 0 fully saturated rings. The molecule has 0 radical (unpaired) electrons. The summed E-state index contributed by atoms with van der Waals surface area (Å²) in [6.07, 6.45) is -5.55. The zero-order chi connectivity index (χ0) is 15.3. The molecule has 0 aromatic carbocycles. The van der Waals surface area contributed by atoms with E-state index in [4.69, 9.17) is 10.2 Å². The maximum atomic E-state index is 12.2. The molecule has 0 aliphatic carbocycles. The summed E-state index contributed by atoms with van der Waals surface area (Å²) in [5.41, 5.74) is -1.12. The van der Waals surface area contributed by atoms with Gasteiger partial charge in [0.1, 0.15) is 5.69 Å². The molecule has 10 heteroatoms. The van der Waals surface area contributed by atoms with Gasteiger partial charge in [0.05, 0.1) is 18.4 Å². The molecule has 110 valence electrons. The summed E-state index contributed by atoms with van der Waals surface area (Å²) in [5.74, 6) is -1.51. The van der Waals surface area contributed by atoms with Gasteiger partial charge in [0.15, 0.2) is 6.10 Å². The van der Waals surface area contributed by atoms with Crippen LogP contribution in [0.5, 0.6) is 0 Å². The number of halogens is 3. The molecule has 1 aromatic heterocycles. The highest BCUT2D eigenvalue weighted by Crippen LogP contribution is 2.27. The van der Waals surface area contributed by atoms with Gasteiger partial charge in [-0.3, -0.25) is 0 Å². The second kappa shape index (κ2) is 6.19. The van der Waals surface area contributed by atoms with Gasteiger partial charge in [-0.25, -0.2) is 14.6 Å². The predicted octanol–water partition coefficient (Wildman–Crippen LogP) is 0.667. The van der Waals surface area contributed by atoms with E-state index < -0.39 is 36.5 Å². The van der Waals surface area contributed by atoms with Gasteiger partial charge in [0.2, 0.25) is 0 Å². The third-order valence-electron chi connectivity index (χ3n) is 2.05. The summed E-state index contributed by atoms with van der Waals surface area (Å²) in [4.78, 5) is 24.6. The van der Waals surface area contributed by atoms with Crippen LogP contribution in [0.25, 0.3) is 0 Å². The number of nitrogens with one attached hydrogen (secondary N) is 2. The number of nitrogens with zero attached hydrogens (tertiary/aromatic N) is 1. The standard InChI is InChI=1S/C10H10F3N3O4/c11-10(12,13)7-2-1-5(3-14-7)16-9(20)15-4-6(17)8(18)19/h1-3,6,17H,4H2,(H,18,19)(H2,15,16,20)/t6-/m0/s1. The number of aliphatic hydroxyl groups is 1. The average molecular weight is 293 g/mol. The number of amides is 2. The molecule has 0 saturated carbocycles. The molecule has 0 aliphatic rings. The minimum Gasteiger partial charge on any atom is -0.479 e. The van der Waals surface area contributed by atoms with E-state index in [-0.39, 0.29) is 5.69 Å². The molecule has 1 rings (SSSR count). The van der Waals surface area contributed by atoms with E-state index >= 15 is 0 Å². The van der Waals surface area contributed by atoms with E-state index in [0.717, 1.165) is 12.3 Å². The number of aromatic nitrogens is 1. The van der Waals surface area contributed by atoms with Crippen molar-refractivity contribution in [1.82, 2.24) is 10.3 Å². The smallest absolute Gasteiger partial charge is 0.433 e. The molecule has 20 heavy (non-hydrogen) atoms. The third-order valence-corrected chi connectivity index (χ3v) is 2.05. The van der Waals surface area contributed by atoms with Gasteiger partial charge in [-0.15, -0.1) is 0 Å². The number of aliphatic carboxylic acids is 1. The minimum absolute atomic E-state index is 0.0136. The van der Waals surface area contributed by atoms with Crippen molar-refractivity contribution in [1.29, 1.82) is 0 Å². The number of aliphatic hydroxyl groups excluding tert-OH is 1. The lowest BCUT2D eigenvalue weighted by atomic mass is 10.3. The van der Waals surface area contributed by atoms with Gasteiger partial charge in [-0.05, 0) is 12.1 Å². The number of urea groups is 1. The molecule has 1 aromatic rings. The quantitative estimate of drug-likeness (QED) is 0.652. The number of alkyl halides is 3. The fraction of sp³-hybridized carbons (Fsp3) is 0.300. The summed E-state index contributed by atoms with van der Waals surface area (Å²) >= 11 is 0. The van der Waals surface area contributed by atoms with Crippen molar-refractivity contribution in [2.75, 3.05) is 11.9 Å². The van der Waals surface area contributed by atoms with Gasteiger partial charge in [-0.2, -0.15) is 13.2 Å². The van der Waals surface area contributed by atoms with Gasteiger partial charge in [0.25, 0.3) is 0 Å². The summed E-state index contributed by atoms with van der Waals surface area (Å²) < 4.78 is 36.7.